The van der Waals surface area contributed by atoms with Gasteiger partial charge < -0.3 is 9.63 Å². The van der Waals surface area contributed by atoms with Crippen LogP contribution in [0.1, 0.15) is 35.9 Å². The summed E-state index contributed by atoms with van der Waals surface area (Å²) < 4.78 is 31.7. The van der Waals surface area contributed by atoms with Gasteiger partial charge in [0.2, 0.25) is 5.92 Å². The maximum atomic E-state index is 13.3. The molecule has 1 heterocycles. The van der Waals surface area contributed by atoms with Crippen LogP contribution in [0.3, 0.4) is 0 Å². The van der Waals surface area contributed by atoms with Crippen LogP contribution in [0.4, 0.5) is 8.78 Å². The number of alkyl halides is 2. The highest BCUT2D eigenvalue weighted by molar-refractivity contribution is 6.42. The fraction of sp³-hybridized carbons (Fsp3) is 0.333. The van der Waals surface area contributed by atoms with E-state index in [0.29, 0.717) is 0 Å². The van der Waals surface area contributed by atoms with Crippen LogP contribution < -0.4 is 0 Å². The minimum atomic E-state index is -2.85. The van der Waals surface area contributed by atoms with Gasteiger partial charge in [0.25, 0.3) is 0 Å². The van der Waals surface area contributed by atoms with Crippen LogP contribution in [-0.4, -0.2) is 22.2 Å². The zero-order valence-electron chi connectivity index (χ0n) is 12.2. The van der Waals surface area contributed by atoms with Crippen molar-refractivity contribution >= 4 is 40.8 Å². The number of hydrogen-bond donors (Lipinski definition) is 1. The summed E-state index contributed by atoms with van der Waals surface area (Å²) in [6.45, 7) is 1.51. The van der Waals surface area contributed by atoms with Crippen LogP contribution in [0.5, 0.6) is 0 Å². The molecule has 0 spiro atoms. The van der Waals surface area contributed by atoms with E-state index in [9.17, 15) is 18.7 Å². The largest absolute Gasteiger partial charge is 0.477 e. The number of halogens is 5. The summed E-state index contributed by atoms with van der Waals surface area (Å²) in [4.78, 5) is 11.7. The maximum absolute atomic E-state index is 13.3. The summed E-state index contributed by atoms with van der Waals surface area (Å²) in [5, 5.41) is 13.7. The number of benzene rings is 1. The van der Waals surface area contributed by atoms with Crippen molar-refractivity contribution in [2.75, 3.05) is 0 Å². The molecular weight excluding hydrogens is 387 g/mol. The van der Waals surface area contributed by atoms with E-state index in [2.05, 4.69) is 5.16 Å². The van der Waals surface area contributed by atoms with Gasteiger partial charge >= 0.3 is 5.97 Å². The lowest BCUT2D eigenvalue weighted by Crippen LogP contribution is -2.47. The second-order valence-corrected chi connectivity index (χ2v) is 7.31. The molecule has 1 aromatic carbocycles. The number of carboxylic acid groups (broad SMARTS) is 1. The van der Waals surface area contributed by atoms with Crippen LogP contribution in [0.25, 0.3) is 11.3 Å². The van der Waals surface area contributed by atoms with E-state index in [0.717, 1.165) is 0 Å². The van der Waals surface area contributed by atoms with Crippen molar-refractivity contribution in [2.45, 2.75) is 31.1 Å². The smallest absolute Gasteiger partial charge is 0.341 e. The Labute approximate surface area is 150 Å². The van der Waals surface area contributed by atoms with E-state index in [1.807, 2.05) is 0 Å². The molecular formula is C15H10Cl3F2NO3. The Kier molecular flexibility index (Phi) is 4.06. The summed E-state index contributed by atoms with van der Waals surface area (Å²) in [6, 6.07) is 2.76. The number of nitrogens with zero attached hydrogens (tertiary/aromatic N) is 1. The monoisotopic (exact) mass is 395 g/mol. The second-order valence-electron chi connectivity index (χ2n) is 6.06. The van der Waals surface area contributed by atoms with Gasteiger partial charge in [-0.1, -0.05) is 46.9 Å². The van der Waals surface area contributed by atoms with Crippen LogP contribution in [0.2, 0.25) is 15.1 Å². The first kappa shape index (κ1) is 17.5. The summed E-state index contributed by atoms with van der Waals surface area (Å²) in [5.41, 5.74) is -1.42. The lowest BCUT2D eigenvalue weighted by molar-refractivity contribution is -0.127. The van der Waals surface area contributed by atoms with Crippen molar-refractivity contribution in [2.24, 2.45) is 0 Å². The summed E-state index contributed by atoms with van der Waals surface area (Å²) in [5.74, 6) is -4.33. The Morgan fingerprint density at radius 2 is 1.79 bits per heavy atom. The molecule has 0 bridgehead atoms. The summed E-state index contributed by atoms with van der Waals surface area (Å²) in [7, 11) is 0. The van der Waals surface area contributed by atoms with Crippen molar-refractivity contribution in [3.05, 3.63) is 38.5 Å². The van der Waals surface area contributed by atoms with Gasteiger partial charge in [0, 0.05) is 28.8 Å². The molecule has 1 fully saturated rings. The molecule has 9 heteroatoms. The molecule has 1 N–H and O–H groups in total. The lowest BCUT2D eigenvalue weighted by Gasteiger charge is -2.43. The number of aromatic nitrogens is 1. The van der Waals surface area contributed by atoms with Gasteiger partial charge in [-0.25, -0.2) is 13.6 Å². The normalized spacial score (nSPS) is 18.2. The van der Waals surface area contributed by atoms with Crippen molar-refractivity contribution in [3.63, 3.8) is 0 Å². The van der Waals surface area contributed by atoms with Crippen LogP contribution in [0, 0.1) is 0 Å². The Hall–Kier alpha value is -1.37. The quantitative estimate of drug-likeness (QED) is 0.724. The molecule has 4 nitrogen and oxygen atoms in total. The second kappa shape index (κ2) is 5.58. The predicted molar refractivity (Wildman–Crippen MR) is 85.5 cm³/mol. The molecule has 0 radical (unpaired) electrons. The minimum Gasteiger partial charge on any atom is -0.477 e. The van der Waals surface area contributed by atoms with E-state index < -0.39 is 30.1 Å². The zero-order valence-corrected chi connectivity index (χ0v) is 14.4. The number of carbonyl (C=O) groups is 1. The molecule has 1 aromatic heterocycles. The van der Waals surface area contributed by atoms with E-state index in [1.54, 1.807) is 0 Å². The molecule has 1 aliphatic rings. The molecule has 128 valence electrons. The molecule has 3 rings (SSSR count). The number of hydrogen-bond acceptors (Lipinski definition) is 3. The standard InChI is InChI=1S/C15H10Cl3F2NO3/c1-14(4-15(19,20)5-14)12-10(13(22)23)11(21-24-12)9-7(17)2-6(16)3-8(9)18/h2-3H,4-5H2,1H3,(H,22,23). The number of aromatic carboxylic acids is 1. The topological polar surface area (TPSA) is 63.3 Å². The van der Waals surface area contributed by atoms with Crippen LogP contribution >= 0.6 is 34.8 Å². The van der Waals surface area contributed by atoms with E-state index in [1.165, 1.54) is 19.1 Å². The van der Waals surface area contributed by atoms with Gasteiger partial charge in [-0.3, -0.25) is 0 Å². The Morgan fingerprint density at radius 3 is 2.25 bits per heavy atom. The van der Waals surface area contributed by atoms with Gasteiger partial charge in [0.15, 0.2) is 5.76 Å². The Balaban J connectivity index is 2.17. The van der Waals surface area contributed by atoms with E-state index in [-0.39, 0.29) is 37.6 Å². The van der Waals surface area contributed by atoms with Crippen molar-refractivity contribution in [3.8, 4) is 11.3 Å². The number of rotatable bonds is 3. The zero-order chi connectivity index (χ0) is 17.9. The molecule has 0 amide bonds. The summed E-state index contributed by atoms with van der Waals surface area (Å²) in [6.07, 6.45) is -1.03. The molecule has 2 aromatic rings. The summed E-state index contributed by atoms with van der Waals surface area (Å²) >= 11 is 18.0. The highest BCUT2D eigenvalue weighted by Crippen LogP contribution is 2.55. The van der Waals surface area contributed by atoms with Gasteiger partial charge in [0.05, 0.1) is 10.0 Å². The number of carboxylic acids is 1. The SMILES string of the molecule is CC1(c2onc(-c3c(Cl)cc(Cl)cc3Cl)c2C(=O)O)CC(F)(F)C1. The third-order valence-corrected chi connectivity index (χ3v) is 4.81. The predicted octanol–water partition coefficient (Wildman–Crippen LogP) is 5.69. The van der Waals surface area contributed by atoms with Crippen LogP contribution in [0.15, 0.2) is 16.7 Å². The molecule has 1 aliphatic carbocycles. The van der Waals surface area contributed by atoms with Crippen molar-refractivity contribution in [1.29, 1.82) is 0 Å². The van der Waals surface area contributed by atoms with Crippen molar-refractivity contribution < 1.29 is 23.2 Å². The first-order chi connectivity index (χ1) is 11.0. The average molecular weight is 397 g/mol. The first-order valence-corrected chi connectivity index (χ1v) is 7.94. The van der Waals surface area contributed by atoms with E-state index in [4.69, 9.17) is 39.3 Å². The first-order valence-electron chi connectivity index (χ1n) is 6.80. The van der Waals surface area contributed by atoms with Gasteiger partial charge in [-0.05, 0) is 12.1 Å². The highest BCUT2D eigenvalue weighted by Gasteiger charge is 2.58. The lowest BCUT2D eigenvalue weighted by atomic mass is 9.65. The molecule has 1 saturated carbocycles. The fourth-order valence-electron chi connectivity index (χ4n) is 3.09. The minimum absolute atomic E-state index is 0.0824. The molecule has 0 atom stereocenters. The van der Waals surface area contributed by atoms with Gasteiger partial charge in [-0.2, -0.15) is 0 Å². The van der Waals surface area contributed by atoms with Crippen LogP contribution in [-0.2, 0) is 5.41 Å². The highest BCUT2D eigenvalue weighted by atomic mass is 35.5. The molecule has 0 unspecified atom stereocenters. The Bertz CT molecular complexity index is 819. The van der Waals surface area contributed by atoms with Gasteiger partial charge in [-0.15, -0.1) is 0 Å². The molecule has 0 aliphatic heterocycles. The third-order valence-electron chi connectivity index (χ3n) is 4.00. The fourth-order valence-corrected chi connectivity index (χ4v) is 4.09. The maximum Gasteiger partial charge on any atom is 0.341 e. The Morgan fingerprint density at radius 1 is 1.25 bits per heavy atom. The molecule has 0 saturated heterocycles. The van der Waals surface area contributed by atoms with Gasteiger partial charge in [0.1, 0.15) is 11.3 Å². The van der Waals surface area contributed by atoms with E-state index >= 15 is 0 Å². The third kappa shape index (κ3) is 2.76. The molecule has 24 heavy (non-hydrogen) atoms. The average Bonchev–Trinajstić information content (AvgIpc) is 2.80. The van der Waals surface area contributed by atoms with Crippen molar-refractivity contribution in [1.82, 2.24) is 5.16 Å².